The number of carbonyl (C=O) groups is 1. The molecule has 0 unspecified atom stereocenters. The predicted molar refractivity (Wildman–Crippen MR) is 65.0 cm³/mol. The maximum Gasteiger partial charge on any atom is 0.338 e. The van der Waals surface area contributed by atoms with Crippen LogP contribution in [0.1, 0.15) is 15.9 Å². The maximum atomic E-state index is 11.0. The molecule has 5 heteroatoms. The molecule has 0 aliphatic carbocycles. The number of aromatic carboxylic acids is 1. The molecule has 0 aliphatic rings. The molecule has 0 saturated heterocycles. The van der Waals surface area contributed by atoms with E-state index in [0.29, 0.717) is 10.8 Å². The Balaban J connectivity index is 2.12. The molecule has 2 aromatic rings. The number of carboxylic acid groups (broad SMARTS) is 1. The SMILES string of the molecule is O=C(O)c1ccnnc1SCc1ccccc1. The summed E-state index contributed by atoms with van der Waals surface area (Å²) in [6.45, 7) is 0. The molecule has 0 amide bonds. The van der Waals surface area contributed by atoms with Gasteiger partial charge >= 0.3 is 5.97 Å². The van der Waals surface area contributed by atoms with Crippen molar-refractivity contribution < 1.29 is 9.90 Å². The molecular formula is C12H10N2O2S. The van der Waals surface area contributed by atoms with Gasteiger partial charge in [0.2, 0.25) is 0 Å². The summed E-state index contributed by atoms with van der Waals surface area (Å²) in [6, 6.07) is 11.3. The fraction of sp³-hybridized carbons (Fsp3) is 0.0833. The van der Waals surface area contributed by atoms with Crippen molar-refractivity contribution >= 4 is 17.7 Å². The zero-order valence-corrected chi connectivity index (χ0v) is 9.72. The molecule has 0 saturated carbocycles. The highest BCUT2D eigenvalue weighted by molar-refractivity contribution is 7.98. The summed E-state index contributed by atoms with van der Waals surface area (Å²) in [6.07, 6.45) is 1.38. The van der Waals surface area contributed by atoms with Gasteiger partial charge < -0.3 is 5.11 Å². The Labute approximate surface area is 103 Å². The van der Waals surface area contributed by atoms with Crippen LogP contribution in [-0.2, 0) is 5.75 Å². The van der Waals surface area contributed by atoms with E-state index in [4.69, 9.17) is 5.11 Å². The first-order valence-corrected chi connectivity index (χ1v) is 5.97. The van der Waals surface area contributed by atoms with Crippen LogP contribution in [0.2, 0.25) is 0 Å². The average Bonchev–Trinajstić information content (AvgIpc) is 2.38. The number of hydrogen-bond acceptors (Lipinski definition) is 4. The minimum atomic E-state index is -0.976. The molecule has 0 atom stereocenters. The first-order chi connectivity index (χ1) is 8.27. The van der Waals surface area contributed by atoms with Crippen molar-refractivity contribution in [3.8, 4) is 0 Å². The Morgan fingerprint density at radius 1 is 1.24 bits per heavy atom. The number of carboxylic acids is 1. The van der Waals surface area contributed by atoms with Gasteiger partial charge in [0.15, 0.2) is 0 Å². The van der Waals surface area contributed by atoms with Crippen molar-refractivity contribution in [1.29, 1.82) is 0 Å². The van der Waals surface area contributed by atoms with Crippen LogP contribution in [0, 0.1) is 0 Å². The van der Waals surface area contributed by atoms with Crippen molar-refractivity contribution in [2.75, 3.05) is 0 Å². The van der Waals surface area contributed by atoms with Gasteiger partial charge in [-0.25, -0.2) is 4.79 Å². The molecule has 86 valence electrons. The van der Waals surface area contributed by atoms with E-state index < -0.39 is 5.97 Å². The second-order valence-corrected chi connectivity index (χ2v) is 4.29. The van der Waals surface area contributed by atoms with E-state index in [1.807, 2.05) is 30.3 Å². The molecule has 4 nitrogen and oxygen atoms in total. The number of rotatable bonds is 4. The van der Waals surface area contributed by atoms with E-state index >= 15 is 0 Å². The third kappa shape index (κ3) is 3.04. The van der Waals surface area contributed by atoms with Crippen LogP contribution in [0.5, 0.6) is 0 Å². The molecule has 1 aromatic carbocycles. The lowest BCUT2D eigenvalue weighted by Crippen LogP contribution is -2.01. The van der Waals surface area contributed by atoms with Gasteiger partial charge in [0.25, 0.3) is 0 Å². The van der Waals surface area contributed by atoms with Crippen LogP contribution in [0.3, 0.4) is 0 Å². The number of hydrogen-bond donors (Lipinski definition) is 1. The quantitative estimate of drug-likeness (QED) is 0.839. The summed E-state index contributed by atoms with van der Waals surface area (Å²) >= 11 is 1.37. The average molecular weight is 246 g/mol. The van der Waals surface area contributed by atoms with Crippen LogP contribution in [-0.4, -0.2) is 21.3 Å². The molecule has 0 radical (unpaired) electrons. The first-order valence-electron chi connectivity index (χ1n) is 4.99. The number of benzene rings is 1. The zero-order valence-electron chi connectivity index (χ0n) is 8.91. The van der Waals surface area contributed by atoms with Crippen LogP contribution >= 0.6 is 11.8 Å². The topological polar surface area (TPSA) is 63.1 Å². The van der Waals surface area contributed by atoms with E-state index in [1.54, 1.807) is 0 Å². The zero-order chi connectivity index (χ0) is 12.1. The maximum absolute atomic E-state index is 11.0. The van der Waals surface area contributed by atoms with Gasteiger partial charge in [-0.05, 0) is 11.6 Å². The minimum absolute atomic E-state index is 0.195. The van der Waals surface area contributed by atoms with Crippen molar-refractivity contribution in [2.45, 2.75) is 10.8 Å². The largest absolute Gasteiger partial charge is 0.478 e. The fourth-order valence-corrected chi connectivity index (χ4v) is 2.23. The Bertz CT molecular complexity index is 517. The predicted octanol–water partition coefficient (Wildman–Crippen LogP) is 2.47. The van der Waals surface area contributed by atoms with Crippen LogP contribution in [0.25, 0.3) is 0 Å². The monoisotopic (exact) mass is 246 g/mol. The first kappa shape index (κ1) is 11.6. The molecule has 1 aromatic heterocycles. The van der Waals surface area contributed by atoms with Crippen molar-refractivity contribution in [3.05, 3.63) is 53.7 Å². The Kier molecular flexibility index (Phi) is 3.72. The summed E-state index contributed by atoms with van der Waals surface area (Å²) in [7, 11) is 0. The highest BCUT2D eigenvalue weighted by atomic mass is 32.2. The Morgan fingerprint density at radius 3 is 2.71 bits per heavy atom. The van der Waals surface area contributed by atoms with Gasteiger partial charge in [0.1, 0.15) is 5.03 Å². The molecule has 1 heterocycles. The van der Waals surface area contributed by atoms with Crippen molar-refractivity contribution in [3.63, 3.8) is 0 Å². The van der Waals surface area contributed by atoms with Gasteiger partial charge in [-0.15, -0.1) is 5.10 Å². The lowest BCUT2D eigenvalue weighted by atomic mass is 10.2. The van der Waals surface area contributed by atoms with E-state index in [0.717, 1.165) is 5.56 Å². The summed E-state index contributed by atoms with van der Waals surface area (Å²) in [5, 5.41) is 17.0. The fourth-order valence-electron chi connectivity index (χ4n) is 1.31. The van der Waals surface area contributed by atoms with E-state index in [-0.39, 0.29) is 5.56 Å². The molecule has 0 spiro atoms. The van der Waals surface area contributed by atoms with Crippen molar-refractivity contribution in [2.24, 2.45) is 0 Å². The second kappa shape index (κ2) is 5.45. The highest BCUT2D eigenvalue weighted by Gasteiger charge is 2.11. The van der Waals surface area contributed by atoms with Gasteiger partial charge in [-0.1, -0.05) is 42.1 Å². The smallest absolute Gasteiger partial charge is 0.338 e. The minimum Gasteiger partial charge on any atom is -0.478 e. The van der Waals surface area contributed by atoms with E-state index in [1.165, 1.54) is 24.0 Å². The third-order valence-electron chi connectivity index (χ3n) is 2.14. The van der Waals surface area contributed by atoms with Crippen LogP contribution < -0.4 is 0 Å². The third-order valence-corrected chi connectivity index (χ3v) is 3.19. The lowest BCUT2D eigenvalue weighted by molar-refractivity contribution is 0.0692. The van der Waals surface area contributed by atoms with E-state index in [2.05, 4.69) is 10.2 Å². The van der Waals surface area contributed by atoms with Gasteiger partial charge in [0.05, 0.1) is 11.8 Å². The van der Waals surface area contributed by atoms with Crippen molar-refractivity contribution in [1.82, 2.24) is 10.2 Å². The van der Waals surface area contributed by atoms with Gasteiger partial charge in [0, 0.05) is 5.75 Å². The summed E-state index contributed by atoms with van der Waals surface area (Å²) in [5.41, 5.74) is 1.32. The standard InChI is InChI=1S/C12H10N2O2S/c15-12(16)10-6-7-13-14-11(10)17-8-9-4-2-1-3-5-9/h1-7H,8H2,(H,15,16). The second-order valence-electron chi connectivity index (χ2n) is 3.33. The molecule has 0 bridgehead atoms. The molecule has 2 rings (SSSR count). The Hall–Kier alpha value is -1.88. The number of thioether (sulfide) groups is 1. The molecule has 17 heavy (non-hydrogen) atoms. The summed E-state index contributed by atoms with van der Waals surface area (Å²) in [5.74, 6) is -0.296. The highest BCUT2D eigenvalue weighted by Crippen LogP contribution is 2.23. The summed E-state index contributed by atoms with van der Waals surface area (Å²) in [4.78, 5) is 11.0. The molecule has 0 aliphatic heterocycles. The number of nitrogens with zero attached hydrogens (tertiary/aromatic N) is 2. The van der Waals surface area contributed by atoms with Crippen LogP contribution in [0.4, 0.5) is 0 Å². The Morgan fingerprint density at radius 2 is 2.00 bits per heavy atom. The molecule has 0 fully saturated rings. The molecular weight excluding hydrogens is 236 g/mol. The van der Waals surface area contributed by atoms with Crippen LogP contribution in [0.15, 0.2) is 47.6 Å². The lowest BCUT2D eigenvalue weighted by Gasteiger charge is -2.03. The summed E-state index contributed by atoms with van der Waals surface area (Å²) < 4.78 is 0. The van der Waals surface area contributed by atoms with Gasteiger partial charge in [-0.2, -0.15) is 5.10 Å². The van der Waals surface area contributed by atoms with Gasteiger partial charge in [-0.3, -0.25) is 0 Å². The number of aromatic nitrogens is 2. The molecule has 1 N–H and O–H groups in total. The van der Waals surface area contributed by atoms with E-state index in [9.17, 15) is 4.79 Å². The normalized spacial score (nSPS) is 10.1.